The molecule has 0 aliphatic carbocycles. The number of benzene rings is 3. The first-order valence-corrected chi connectivity index (χ1v) is 12.2. The third-order valence-electron chi connectivity index (χ3n) is 5.44. The quantitative estimate of drug-likeness (QED) is 0.484. The molecule has 174 valence electrons. The van der Waals surface area contributed by atoms with Crippen LogP contribution in [0.15, 0.2) is 71.6 Å². The van der Waals surface area contributed by atoms with Crippen molar-refractivity contribution in [3.63, 3.8) is 0 Å². The molecular formula is C25H27ClN2O4S. The average molecular weight is 487 g/mol. The van der Waals surface area contributed by atoms with Crippen LogP contribution in [0.5, 0.6) is 5.75 Å². The zero-order valence-corrected chi connectivity index (χ0v) is 20.6. The maximum atomic E-state index is 13.5. The second-order valence-corrected chi connectivity index (χ2v) is 10.1. The summed E-state index contributed by atoms with van der Waals surface area (Å²) in [5, 5.41) is 3.27. The minimum atomic E-state index is -4.05. The summed E-state index contributed by atoms with van der Waals surface area (Å²) in [5.41, 5.74) is 3.53. The summed E-state index contributed by atoms with van der Waals surface area (Å²) in [7, 11) is -2.54. The molecular weight excluding hydrogens is 460 g/mol. The van der Waals surface area contributed by atoms with Crippen LogP contribution in [-0.2, 0) is 14.8 Å². The van der Waals surface area contributed by atoms with Crippen LogP contribution in [-0.4, -0.2) is 28.0 Å². The van der Waals surface area contributed by atoms with Crippen LogP contribution in [0.4, 0.5) is 5.69 Å². The zero-order valence-electron chi connectivity index (χ0n) is 19.0. The molecule has 8 heteroatoms. The Kier molecular flexibility index (Phi) is 7.66. The van der Waals surface area contributed by atoms with Crippen molar-refractivity contribution >= 4 is 33.2 Å². The van der Waals surface area contributed by atoms with Crippen molar-refractivity contribution in [3.8, 4) is 5.75 Å². The van der Waals surface area contributed by atoms with Crippen molar-refractivity contribution in [2.75, 3.05) is 18.0 Å². The Hall–Kier alpha value is -3.03. The van der Waals surface area contributed by atoms with Crippen LogP contribution in [0, 0.1) is 13.8 Å². The van der Waals surface area contributed by atoms with E-state index in [4.69, 9.17) is 16.3 Å². The molecule has 3 rings (SSSR count). The van der Waals surface area contributed by atoms with Crippen molar-refractivity contribution in [1.82, 2.24) is 5.32 Å². The predicted molar refractivity (Wildman–Crippen MR) is 131 cm³/mol. The van der Waals surface area contributed by atoms with E-state index in [-0.39, 0.29) is 10.9 Å². The molecule has 1 amide bonds. The maximum absolute atomic E-state index is 13.5. The molecule has 6 nitrogen and oxygen atoms in total. The second-order valence-electron chi connectivity index (χ2n) is 7.80. The number of halogens is 1. The van der Waals surface area contributed by atoms with Gasteiger partial charge in [0.15, 0.2) is 0 Å². The van der Waals surface area contributed by atoms with Crippen LogP contribution in [0.25, 0.3) is 0 Å². The Morgan fingerprint density at radius 3 is 2.33 bits per heavy atom. The van der Waals surface area contributed by atoms with E-state index in [1.54, 1.807) is 30.3 Å². The lowest BCUT2D eigenvalue weighted by Gasteiger charge is -2.25. The Morgan fingerprint density at radius 2 is 1.73 bits per heavy atom. The number of methoxy groups -OCH3 is 1. The van der Waals surface area contributed by atoms with Crippen LogP contribution >= 0.6 is 11.6 Å². The van der Waals surface area contributed by atoms with E-state index in [0.29, 0.717) is 16.5 Å². The lowest BCUT2D eigenvalue weighted by Crippen LogP contribution is -2.41. The summed E-state index contributed by atoms with van der Waals surface area (Å²) in [6, 6.07) is 18.1. The molecule has 0 spiro atoms. The van der Waals surface area contributed by atoms with Gasteiger partial charge in [0, 0.05) is 5.02 Å². The van der Waals surface area contributed by atoms with Gasteiger partial charge in [-0.15, -0.1) is 0 Å². The first kappa shape index (κ1) is 24.6. The van der Waals surface area contributed by atoms with Gasteiger partial charge in [0.2, 0.25) is 5.91 Å². The molecule has 0 bridgehead atoms. The van der Waals surface area contributed by atoms with E-state index in [1.165, 1.54) is 25.3 Å². The smallest absolute Gasteiger partial charge is 0.264 e. The number of sulfonamides is 1. The van der Waals surface area contributed by atoms with Gasteiger partial charge in [0.05, 0.1) is 23.7 Å². The van der Waals surface area contributed by atoms with Crippen molar-refractivity contribution in [3.05, 3.63) is 88.4 Å². The van der Waals surface area contributed by atoms with Gasteiger partial charge in [-0.05, 0) is 79.9 Å². The van der Waals surface area contributed by atoms with Gasteiger partial charge in [0.25, 0.3) is 10.0 Å². The minimum Gasteiger partial charge on any atom is -0.497 e. The molecule has 0 aliphatic rings. The maximum Gasteiger partial charge on any atom is 0.264 e. The fourth-order valence-corrected chi connectivity index (χ4v) is 4.95. The monoisotopic (exact) mass is 486 g/mol. The number of hydrogen-bond donors (Lipinski definition) is 1. The predicted octanol–water partition coefficient (Wildman–Crippen LogP) is 5.04. The fourth-order valence-electron chi connectivity index (χ4n) is 3.36. The lowest BCUT2D eigenvalue weighted by molar-refractivity contribution is -0.120. The summed E-state index contributed by atoms with van der Waals surface area (Å²) < 4.78 is 33.1. The number of carbonyl (C=O) groups excluding carboxylic acids is 1. The first-order chi connectivity index (χ1) is 15.6. The third kappa shape index (κ3) is 5.86. The Balaban J connectivity index is 1.89. The normalized spacial score (nSPS) is 12.2. The molecule has 0 saturated carbocycles. The van der Waals surface area contributed by atoms with Gasteiger partial charge in [-0.1, -0.05) is 35.9 Å². The number of nitrogens with one attached hydrogen (secondary N) is 1. The molecule has 1 N–H and O–H groups in total. The van der Waals surface area contributed by atoms with Gasteiger partial charge in [0.1, 0.15) is 12.3 Å². The van der Waals surface area contributed by atoms with Crippen LogP contribution in [0.3, 0.4) is 0 Å². The number of carbonyl (C=O) groups is 1. The van der Waals surface area contributed by atoms with E-state index in [0.717, 1.165) is 21.0 Å². The molecule has 1 unspecified atom stereocenters. The Labute approximate surface area is 200 Å². The van der Waals surface area contributed by atoms with Gasteiger partial charge in [-0.25, -0.2) is 8.42 Å². The summed E-state index contributed by atoms with van der Waals surface area (Å²) in [5.74, 6) is 0.0982. The number of rotatable bonds is 8. The standard InChI is InChI=1S/C25H27ClN2O4S/c1-17-8-9-20(14-18(17)2)19(3)27-25(29)16-28(22-7-5-6-21(26)15-22)33(30,31)24-12-10-23(32-4)11-13-24/h5-15,19H,16H2,1-4H3,(H,27,29). The van der Waals surface area contributed by atoms with Crippen LogP contribution in [0.1, 0.15) is 29.7 Å². The SMILES string of the molecule is COc1ccc(S(=O)(=O)N(CC(=O)NC(C)c2ccc(C)c(C)c2)c2cccc(Cl)c2)cc1. The highest BCUT2D eigenvalue weighted by Crippen LogP contribution is 2.27. The zero-order chi connectivity index (χ0) is 24.2. The number of hydrogen-bond acceptors (Lipinski definition) is 4. The minimum absolute atomic E-state index is 0.0401. The number of nitrogens with zero attached hydrogens (tertiary/aromatic N) is 1. The topological polar surface area (TPSA) is 75.7 Å². The van der Waals surface area contributed by atoms with Gasteiger partial charge in [-0.2, -0.15) is 0 Å². The molecule has 1 atom stereocenters. The average Bonchev–Trinajstić information content (AvgIpc) is 2.79. The molecule has 0 fully saturated rings. The molecule has 3 aromatic carbocycles. The van der Waals surface area contributed by atoms with E-state index >= 15 is 0 Å². The van der Waals surface area contributed by atoms with Crippen molar-refractivity contribution < 1.29 is 17.9 Å². The second kappa shape index (κ2) is 10.3. The Bertz CT molecular complexity index is 1240. The van der Waals surface area contributed by atoms with Crippen LogP contribution < -0.4 is 14.4 Å². The van der Waals surface area contributed by atoms with Gasteiger partial charge in [-0.3, -0.25) is 9.10 Å². The van der Waals surface area contributed by atoms with Crippen LogP contribution in [0.2, 0.25) is 5.02 Å². The van der Waals surface area contributed by atoms with E-state index < -0.39 is 22.5 Å². The van der Waals surface area contributed by atoms with Crippen molar-refractivity contribution in [1.29, 1.82) is 0 Å². The third-order valence-corrected chi connectivity index (χ3v) is 7.46. The molecule has 0 aromatic heterocycles. The van der Waals surface area contributed by atoms with Crippen molar-refractivity contribution in [2.45, 2.75) is 31.7 Å². The number of anilines is 1. The fraction of sp³-hybridized carbons (Fsp3) is 0.240. The van der Waals surface area contributed by atoms with Crippen molar-refractivity contribution in [2.24, 2.45) is 0 Å². The molecule has 3 aromatic rings. The molecule has 0 aliphatic heterocycles. The largest absolute Gasteiger partial charge is 0.497 e. The Morgan fingerprint density at radius 1 is 1.03 bits per heavy atom. The number of ether oxygens (including phenoxy) is 1. The summed E-state index contributed by atoms with van der Waals surface area (Å²) in [6.45, 7) is 5.50. The molecule has 0 heterocycles. The molecule has 0 saturated heterocycles. The summed E-state index contributed by atoms with van der Waals surface area (Å²) in [6.07, 6.45) is 0. The summed E-state index contributed by atoms with van der Waals surface area (Å²) >= 11 is 6.11. The highest BCUT2D eigenvalue weighted by Gasteiger charge is 2.28. The van der Waals surface area contributed by atoms with Gasteiger partial charge < -0.3 is 10.1 Å². The van der Waals surface area contributed by atoms with E-state index in [1.807, 2.05) is 39.0 Å². The highest BCUT2D eigenvalue weighted by molar-refractivity contribution is 7.92. The van der Waals surface area contributed by atoms with E-state index in [9.17, 15) is 13.2 Å². The van der Waals surface area contributed by atoms with Gasteiger partial charge >= 0.3 is 0 Å². The molecule has 0 radical (unpaired) electrons. The lowest BCUT2D eigenvalue weighted by atomic mass is 10.0. The molecule has 33 heavy (non-hydrogen) atoms. The van der Waals surface area contributed by atoms with E-state index in [2.05, 4.69) is 5.32 Å². The number of aryl methyl sites for hydroxylation is 2. The highest BCUT2D eigenvalue weighted by atomic mass is 35.5. The summed E-state index contributed by atoms with van der Waals surface area (Å²) in [4.78, 5) is 13.0. The number of amides is 1. The first-order valence-electron chi connectivity index (χ1n) is 10.4.